The fourth-order valence-electron chi connectivity index (χ4n) is 3.23. The van der Waals surface area contributed by atoms with E-state index in [4.69, 9.17) is 0 Å². The molecular formula is C23H18FN3O2. The topological polar surface area (TPSA) is 64.0 Å². The lowest BCUT2D eigenvalue weighted by atomic mass is 10.1. The molecule has 1 N–H and O–H groups in total. The van der Waals surface area contributed by atoms with Crippen molar-refractivity contribution in [2.24, 2.45) is 0 Å². The van der Waals surface area contributed by atoms with Gasteiger partial charge in [-0.25, -0.2) is 9.18 Å². The first-order valence-corrected chi connectivity index (χ1v) is 9.18. The zero-order valence-electron chi connectivity index (χ0n) is 15.5. The molecule has 4 rings (SSSR count). The fourth-order valence-corrected chi connectivity index (χ4v) is 3.23. The molecule has 0 radical (unpaired) electrons. The molecule has 29 heavy (non-hydrogen) atoms. The van der Waals surface area contributed by atoms with Crippen molar-refractivity contribution in [3.8, 4) is 11.3 Å². The highest BCUT2D eigenvalue weighted by Gasteiger charge is 2.14. The highest BCUT2D eigenvalue weighted by molar-refractivity contribution is 5.93. The molecule has 5 nitrogen and oxygen atoms in total. The summed E-state index contributed by atoms with van der Waals surface area (Å²) in [4.78, 5) is 29.4. The zero-order chi connectivity index (χ0) is 20.2. The van der Waals surface area contributed by atoms with Crippen molar-refractivity contribution in [3.63, 3.8) is 0 Å². The number of nitrogens with one attached hydrogen (secondary N) is 1. The van der Waals surface area contributed by atoms with Crippen LogP contribution in [-0.4, -0.2) is 15.5 Å². The molecule has 0 bridgehead atoms. The molecule has 144 valence electrons. The summed E-state index contributed by atoms with van der Waals surface area (Å²) >= 11 is 0. The molecule has 0 atom stereocenters. The SMILES string of the molecule is O=C(Cn1c(=O)nc(-c2ccccc2)c2ccccc21)NCc1ccccc1F. The highest BCUT2D eigenvalue weighted by atomic mass is 19.1. The maximum absolute atomic E-state index is 13.7. The van der Waals surface area contributed by atoms with Crippen LogP contribution in [0.4, 0.5) is 4.39 Å². The monoisotopic (exact) mass is 387 g/mol. The van der Waals surface area contributed by atoms with E-state index < -0.39 is 11.6 Å². The van der Waals surface area contributed by atoms with Crippen LogP contribution in [0.3, 0.4) is 0 Å². The van der Waals surface area contributed by atoms with Gasteiger partial charge in [-0.05, 0) is 12.1 Å². The molecule has 0 fully saturated rings. The Morgan fingerprint density at radius 1 is 0.931 bits per heavy atom. The average Bonchev–Trinajstić information content (AvgIpc) is 2.75. The van der Waals surface area contributed by atoms with Gasteiger partial charge in [0, 0.05) is 23.1 Å². The van der Waals surface area contributed by atoms with Gasteiger partial charge in [0.25, 0.3) is 0 Å². The Morgan fingerprint density at radius 3 is 2.41 bits per heavy atom. The molecule has 1 aromatic heterocycles. The third kappa shape index (κ3) is 3.91. The Morgan fingerprint density at radius 2 is 1.62 bits per heavy atom. The van der Waals surface area contributed by atoms with Crippen molar-refractivity contribution in [3.05, 3.63) is 101 Å². The number of nitrogens with zero attached hydrogens (tertiary/aromatic N) is 2. The van der Waals surface area contributed by atoms with Crippen LogP contribution in [0.5, 0.6) is 0 Å². The van der Waals surface area contributed by atoms with Gasteiger partial charge in [0.1, 0.15) is 12.4 Å². The van der Waals surface area contributed by atoms with Gasteiger partial charge in [0.05, 0.1) is 11.2 Å². The van der Waals surface area contributed by atoms with E-state index in [2.05, 4.69) is 10.3 Å². The van der Waals surface area contributed by atoms with Crippen LogP contribution in [0.2, 0.25) is 0 Å². The van der Waals surface area contributed by atoms with Crippen LogP contribution in [0.15, 0.2) is 83.7 Å². The van der Waals surface area contributed by atoms with E-state index in [9.17, 15) is 14.0 Å². The molecule has 0 saturated carbocycles. The first-order valence-electron chi connectivity index (χ1n) is 9.18. The van der Waals surface area contributed by atoms with Gasteiger partial charge in [-0.3, -0.25) is 9.36 Å². The standard InChI is InChI=1S/C23H18FN3O2/c24-19-12-6-4-10-17(19)14-25-21(28)15-27-20-13-7-5-11-18(20)22(26-23(27)29)16-8-2-1-3-9-16/h1-13H,14-15H2,(H,25,28). The fraction of sp³-hybridized carbons (Fsp3) is 0.0870. The predicted octanol–water partition coefficient (Wildman–Crippen LogP) is 3.52. The largest absolute Gasteiger partial charge is 0.350 e. The van der Waals surface area contributed by atoms with Crippen molar-refractivity contribution >= 4 is 16.8 Å². The Labute approximate surface area is 166 Å². The van der Waals surface area contributed by atoms with Crippen LogP contribution in [0, 0.1) is 5.82 Å². The summed E-state index contributed by atoms with van der Waals surface area (Å²) < 4.78 is 15.1. The number of carbonyl (C=O) groups excluding carboxylic acids is 1. The van der Waals surface area contributed by atoms with Crippen molar-refractivity contribution in [1.82, 2.24) is 14.9 Å². The molecule has 0 spiro atoms. The number of hydrogen-bond donors (Lipinski definition) is 1. The number of amides is 1. The Balaban J connectivity index is 1.65. The first kappa shape index (κ1) is 18.6. The van der Waals surface area contributed by atoms with E-state index in [-0.39, 0.29) is 18.9 Å². The summed E-state index contributed by atoms with van der Waals surface area (Å²) in [6.45, 7) is -0.149. The second-order valence-electron chi connectivity index (χ2n) is 6.58. The van der Waals surface area contributed by atoms with Crippen molar-refractivity contribution in [1.29, 1.82) is 0 Å². The lowest BCUT2D eigenvalue weighted by molar-refractivity contribution is -0.121. The van der Waals surface area contributed by atoms with Crippen molar-refractivity contribution in [2.75, 3.05) is 0 Å². The average molecular weight is 387 g/mol. The van der Waals surface area contributed by atoms with E-state index in [0.29, 0.717) is 16.8 Å². The summed E-state index contributed by atoms with van der Waals surface area (Å²) in [6.07, 6.45) is 0. The number of carbonyl (C=O) groups is 1. The summed E-state index contributed by atoms with van der Waals surface area (Å²) in [7, 11) is 0. The summed E-state index contributed by atoms with van der Waals surface area (Å²) in [5, 5.41) is 3.44. The number of fused-ring (bicyclic) bond motifs is 1. The highest BCUT2D eigenvalue weighted by Crippen LogP contribution is 2.24. The number of rotatable bonds is 5. The van der Waals surface area contributed by atoms with Gasteiger partial charge < -0.3 is 5.32 Å². The number of para-hydroxylation sites is 1. The molecule has 0 unspecified atom stereocenters. The summed E-state index contributed by atoms with van der Waals surface area (Å²) in [5.41, 5.74) is 1.90. The third-order valence-corrected chi connectivity index (χ3v) is 4.67. The molecule has 4 aromatic rings. The summed E-state index contributed by atoms with van der Waals surface area (Å²) in [5.74, 6) is -0.779. The number of aromatic nitrogens is 2. The maximum Gasteiger partial charge on any atom is 0.349 e. The lowest BCUT2D eigenvalue weighted by Crippen LogP contribution is -2.33. The Hall–Kier alpha value is -3.80. The molecule has 3 aromatic carbocycles. The van der Waals surface area contributed by atoms with Gasteiger partial charge in [0.2, 0.25) is 5.91 Å². The van der Waals surface area contributed by atoms with E-state index in [1.807, 2.05) is 48.5 Å². The lowest BCUT2D eigenvalue weighted by Gasteiger charge is -2.13. The van der Waals surface area contributed by atoms with Gasteiger partial charge >= 0.3 is 5.69 Å². The van der Waals surface area contributed by atoms with Gasteiger partial charge in [-0.1, -0.05) is 66.7 Å². The number of benzene rings is 3. The number of hydrogen-bond acceptors (Lipinski definition) is 3. The van der Waals surface area contributed by atoms with Gasteiger partial charge in [0.15, 0.2) is 0 Å². The third-order valence-electron chi connectivity index (χ3n) is 4.67. The minimum Gasteiger partial charge on any atom is -0.350 e. The first-order chi connectivity index (χ1) is 14.1. The van der Waals surface area contributed by atoms with Crippen LogP contribution < -0.4 is 11.0 Å². The van der Waals surface area contributed by atoms with E-state index in [1.165, 1.54) is 10.6 Å². The quantitative estimate of drug-likeness (QED) is 0.570. The second kappa shape index (κ2) is 8.06. The summed E-state index contributed by atoms with van der Waals surface area (Å²) in [6, 6.07) is 23.0. The van der Waals surface area contributed by atoms with Crippen LogP contribution in [0.1, 0.15) is 5.56 Å². The molecule has 6 heteroatoms. The minimum atomic E-state index is -0.511. The minimum absolute atomic E-state index is 0.0493. The van der Waals surface area contributed by atoms with Gasteiger partial charge in [-0.15, -0.1) is 0 Å². The van der Waals surface area contributed by atoms with Crippen molar-refractivity contribution < 1.29 is 9.18 Å². The molecule has 0 saturated heterocycles. The zero-order valence-corrected chi connectivity index (χ0v) is 15.5. The molecule has 0 aliphatic carbocycles. The predicted molar refractivity (Wildman–Crippen MR) is 110 cm³/mol. The molecule has 0 aliphatic heterocycles. The number of halogens is 1. The molecule has 0 aliphatic rings. The van der Waals surface area contributed by atoms with Crippen LogP contribution in [-0.2, 0) is 17.9 Å². The second-order valence-corrected chi connectivity index (χ2v) is 6.58. The maximum atomic E-state index is 13.7. The molecule has 1 amide bonds. The van der Waals surface area contributed by atoms with E-state index in [1.54, 1.807) is 24.3 Å². The Bertz CT molecular complexity index is 1240. The normalized spacial score (nSPS) is 10.8. The van der Waals surface area contributed by atoms with Crippen molar-refractivity contribution in [2.45, 2.75) is 13.1 Å². The van der Waals surface area contributed by atoms with Gasteiger partial charge in [-0.2, -0.15) is 4.98 Å². The van der Waals surface area contributed by atoms with E-state index in [0.717, 1.165) is 10.9 Å². The molecule has 1 heterocycles. The Kier molecular flexibility index (Phi) is 5.16. The van der Waals surface area contributed by atoms with Crippen LogP contribution in [0.25, 0.3) is 22.2 Å². The van der Waals surface area contributed by atoms with E-state index >= 15 is 0 Å². The van der Waals surface area contributed by atoms with Crippen LogP contribution >= 0.6 is 0 Å². The smallest absolute Gasteiger partial charge is 0.349 e. The molecular weight excluding hydrogens is 369 g/mol.